The van der Waals surface area contributed by atoms with E-state index in [4.69, 9.17) is 10.5 Å². The van der Waals surface area contributed by atoms with Crippen molar-refractivity contribution in [2.75, 3.05) is 39.3 Å². The molecule has 0 aliphatic carbocycles. The summed E-state index contributed by atoms with van der Waals surface area (Å²) in [5.74, 6) is 0.417. The Morgan fingerprint density at radius 1 is 1.32 bits per heavy atom. The summed E-state index contributed by atoms with van der Waals surface area (Å²) in [4.78, 5) is 4.61. The van der Waals surface area contributed by atoms with Gasteiger partial charge in [-0.05, 0) is 37.6 Å². The predicted molar refractivity (Wildman–Crippen MR) is 97.3 cm³/mol. The Kier molecular flexibility index (Phi) is 5.53. The normalized spacial score (nSPS) is 16.7. The van der Waals surface area contributed by atoms with E-state index in [1.807, 2.05) is 13.0 Å². The van der Waals surface area contributed by atoms with Crippen molar-refractivity contribution in [1.82, 2.24) is 14.6 Å². The molecule has 0 radical (unpaired) electrons. The lowest BCUT2D eigenvalue weighted by atomic mass is 10.1. The first kappa shape index (κ1) is 18.1. The Labute approximate surface area is 148 Å². The van der Waals surface area contributed by atoms with Gasteiger partial charge >= 0.3 is 0 Å². The maximum atomic E-state index is 13.2. The molecule has 2 heterocycles. The minimum Gasteiger partial charge on any atom is -0.476 e. The van der Waals surface area contributed by atoms with E-state index in [1.165, 1.54) is 0 Å². The van der Waals surface area contributed by atoms with E-state index >= 15 is 0 Å². The zero-order valence-corrected chi connectivity index (χ0v) is 15.2. The van der Waals surface area contributed by atoms with Crippen LogP contribution < -0.4 is 15.8 Å². The molecule has 1 aliphatic rings. The first-order valence-electron chi connectivity index (χ1n) is 8.48. The Morgan fingerprint density at radius 2 is 2.16 bits per heavy atom. The van der Waals surface area contributed by atoms with Crippen LogP contribution in [0.4, 0.5) is 0 Å². The molecule has 3 rings (SSSR count). The highest BCUT2D eigenvalue weighted by molar-refractivity contribution is 7.89. The fourth-order valence-corrected chi connectivity index (χ4v) is 4.85. The van der Waals surface area contributed by atoms with Crippen LogP contribution in [0.3, 0.4) is 0 Å². The number of ether oxygens (including phenoxy) is 1. The van der Waals surface area contributed by atoms with Crippen molar-refractivity contribution >= 4 is 20.8 Å². The fraction of sp³-hybridized carbons (Fsp3) is 0.471. The van der Waals surface area contributed by atoms with Crippen LogP contribution in [-0.4, -0.2) is 57.0 Å². The van der Waals surface area contributed by atoms with Crippen LogP contribution in [0.1, 0.15) is 12.0 Å². The van der Waals surface area contributed by atoms with Gasteiger partial charge in [0, 0.05) is 43.1 Å². The third-order valence-electron chi connectivity index (χ3n) is 4.30. The zero-order valence-electron chi connectivity index (χ0n) is 14.4. The average molecular weight is 364 g/mol. The Morgan fingerprint density at radius 3 is 2.96 bits per heavy atom. The molecule has 0 amide bonds. The quantitative estimate of drug-likeness (QED) is 0.817. The van der Waals surface area contributed by atoms with Crippen LogP contribution >= 0.6 is 0 Å². The standard InChI is InChI=1S/C17H24N4O3S/c1-13-12-20-17(24-11-6-18)14-4-2-5-15(16(13)14)25(22,23)21-9-3-7-19-8-10-21/h2,4-5,12,19H,3,6-11,18H2,1H3. The molecule has 25 heavy (non-hydrogen) atoms. The summed E-state index contributed by atoms with van der Waals surface area (Å²) in [6.45, 7) is 5.06. The summed E-state index contributed by atoms with van der Waals surface area (Å²) >= 11 is 0. The van der Waals surface area contributed by atoms with Crippen LogP contribution in [0, 0.1) is 6.92 Å². The molecule has 8 heteroatoms. The summed E-state index contributed by atoms with van der Waals surface area (Å²) in [5.41, 5.74) is 6.31. The molecule has 1 saturated heterocycles. The molecule has 7 nitrogen and oxygen atoms in total. The second-order valence-corrected chi connectivity index (χ2v) is 7.98. The van der Waals surface area contributed by atoms with Gasteiger partial charge in [0.05, 0.1) is 4.90 Å². The molecule has 0 saturated carbocycles. The SMILES string of the molecule is Cc1cnc(OCCN)c2cccc(S(=O)(=O)N3CCCNCC3)c12. The number of sulfonamides is 1. The van der Waals surface area contributed by atoms with Crippen molar-refractivity contribution in [3.63, 3.8) is 0 Å². The monoisotopic (exact) mass is 364 g/mol. The van der Waals surface area contributed by atoms with Crippen LogP contribution in [-0.2, 0) is 10.0 Å². The summed E-state index contributed by atoms with van der Waals surface area (Å²) in [5, 5.41) is 4.60. The molecule has 1 aromatic heterocycles. The Bertz CT molecular complexity index is 846. The number of hydrogen-bond donors (Lipinski definition) is 2. The van der Waals surface area contributed by atoms with E-state index in [2.05, 4.69) is 10.3 Å². The molecule has 1 fully saturated rings. The number of hydrogen-bond acceptors (Lipinski definition) is 6. The van der Waals surface area contributed by atoms with Gasteiger partial charge in [-0.25, -0.2) is 13.4 Å². The van der Waals surface area contributed by atoms with Crippen LogP contribution in [0.15, 0.2) is 29.3 Å². The number of rotatable bonds is 5. The highest BCUT2D eigenvalue weighted by Crippen LogP contribution is 2.32. The number of pyridine rings is 1. The van der Waals surface area contributed by atoms with Gasteiger partial charge in [0.1, 0.15) is 6.61 Å². The van der Waals surface area contributed by atoms with E-state index in [0.29, 0.717) is 54.3 Å². The molecule has 0 spiro atoms. The van der Waals surface area contributed by atoms with Crippen LogP contribution in [0.2, 0.25) is 0 Å². The second-order valence-electron chi connectivity index (χ2n) is 6.07. The van der Waals surface area contributed by atoms with Crippen molar-refractivity contribution in [2.45, 2.75) is 18.2 Å². The zero-order chi connectivity index (χ0) is 17.9. The highest BCUT2D eigenvalue weighted by atomic mass is 32.2. The number of aromatic nitrogens is 1. The number of nitrogens with zero attached hydrogens (tertiary/aromatic N) is 2. The van der Waals surface area contributed by atoms with E-state index < -0.39 is 10.0 Å². The summed E-state index contributed by atoms with van der Waals surface area (Å²) in [6, 6.07) is 5.24. The topological polar surface area (TPSA) is 97.5 Å². The number of nitrogens with one attached hydrogen (secondary N) is 1. The highest BCUT2D eigenvalue weighted by Gasteiger charge is 2.28. The first-order valence-corrected chi connectivity index (χ1v) is 9.92. The smallest absolute Gasteiger partial charge is 0.243 e. The molecular weight excluding hydrogens is 340 g/mol. The van der Waals surface area contributed by atoms with Crippen LogP contribution in [0.25, 0.3) is 10.8 Å². The molecule has 2 aromatic rings. The van der Waals surface area contributed by atoms with Gasteiger partial charge in [-0.15, -0.1) is 0 Å². The molecular formula is C17H24N4O3S. The molecule has 1 aliphatic heterocycles. The van der Waals surface area contributed by atoms with Crippen molar-refractivity contribution in [1.29, 1.82) is 0 Å². The Hall–Kier alpha value is -1.74. The third-order valence-corrected chi connectivity index (χ3v) is 6.24. The maximum Gasteiger partial charge on any atom is 0.243 e. The summed E-state index contributed by atoms with van der Waals surface area (Å²) < 4.78 is 33.7. The number of benzene rings is 1. The number of aryl methyl sites for hydroxylation is 1. The van der Waals surface area contributed by atoms with Crippen molar-refractivity contribution in [3.05, 3.63) is 30.0 Å². The van der Waals surface area contributed by atoms with Crippen LogP contribution in [0.5, 0.6) is 5.88 Å². The van der Waals surface area contributed by atoms with Crippen molar-refractivity contribution < 1.29 is 13.2 Å². The molecule has 0 unspecified atom stereocenters. The predicted octanol–water partition coefficient (Wildman–Crippen LogP) is 0.865. The fourth-order valence-electron chi connectivity index (χ4n) is 3.09. The maximum absolute atomic E-state index is 13.2. The van der Waals surface area contributed by atoms with Gasteiger partial charge in [0.2, 0.25) is 15.9 Å². The van der Waals surface area contributed by atoms with Gasteiger partial charge in [-0.3, -0.25) is 0 Å². The van der Waals surface area contributed by atoms with Crippen molar-refractivity contribution in [2.24, 2.45) is 5.73 Å². The van der Waals surface area contributed by atoms with Gasteiger partial charge in [0.25, 0.3) is 0 Å². The van der Waals surface area contributed by atoms with E-state index in [9.17, 15) is 8.42 Å². The van der Waals surface area contributed by atoms with Gasteiger partial charge in [-0.1, -0.05) is 6.07 Å². The van der Waals surface area contributed by atoms with Gasteiger partial charge in [0.15, 0.2) is 0 Å². The molecule has 0 bridgehead atoms. The van der Waals surface area contributed by atoms with Gasteiger partial charge in [-0.2, -0.15) is 4.31 Å². The lowest BCUT2D eigenvalue weighted by Gasteiger charge is -2.21. The third kappa shape index (κ3) is 3.62. The number of fused-ring (bicyclic) bond motifs is 1. The first-order chi connectivity index (χ1) is 12.1. The minimum absolute atomic E-state index is 0.310. The van der Waals surface area contributed by atoms with Crippen molar-refractivity contribution in [3.8, 4) is 5.88 Å². The minimum atomic E-state index is -3.59. The second kappa shape index (κ2) is 7.65. The molecule has 3 N–H and O–H groups in total. The molecule has 1 aromatic carbocycles. The van der Waals surface area contributed by atoms with E-state index in [1.54, 1.807) is 22.6 Å². The summed E-state index contributed by atoms with van der Waals surface area (Å²) in [6.07, 6.45) is 2.45. The summed E-state index contributed by atoms with van der Waals surface area (Å²) in [7, 11) is -3.59. The molecule has 0 atom stereocenters. The largest absolute Gasteiger partial charge is 0.476 e. The lowest BCUT2D eigenvalue weighted by Crippen LogP contribution is -2.34. The van der Waals surface area contributed by atoms with E-state index in [0.717, 1.165) is 18.5 Å². The van der Waals surface area contributed by atoms with E-state index in [-0.39, 0.29) is 0 Å². The number of nitrogens with two attached hydrogens (primary N) is 1. The average Bonchev–Trinajstić information content (AvgIpc) is 2.91. The van der Waals surface area contributed by atoms with Gasteiger partial charge < -0.3 is 15.8 Å². The lowest BCUT2D eigenvalue weighted by molar-refractivity contribution is 0.320. The molecule has 136 valence electrons. The Balaban J connectivity index is 2.12.